The molecule has 2 atom stereocenters. The minimum atomic E-state index is -1.11. The van der Waals surface area contributed by atoms with Gasteiger partial charge in [-0.05, 0) is 68.9 Å². The van der Waals surface area contributed by atoms with Gasteiger partial charge in [-0.25, -0.2) is 4.98 Å². The Morgan fingerprint density at radius 1 is 1.36 bits per heavy atom. The standard InChI is InChI=1S/C25H35N3O4S/c1-2-25(28-11-13-31-14-12-28)8-5-17(6-9-25)32-19-7-10-27-24-22(19)21-16(3-4-20(21)33-24)15-18(29)23(26)30/h7,10,16-18,29H,2-6,8-9,11-15H2,1H3,(H2,26,30)/t16-,17-,18-,25-/m1/s1. The highest BCUT2D eigenvalue weighted by Crippen LogP contribution is 2.48. The van der Waals surface area contributed by atoms with E-state index in [2.05, 4.69) is 16.8 Å². The molecular formula is C25H35N3O4S. The normalized spacial score (nSPS) is 29.2. The lowest BCUT2D eigenvalue weighted by molar-refractivity contribution is -0.126. The van der Waals surface area contributed by atoms with E-state index in [-0.39, 0.29) is 17.6 Å². The Labute approximate surface area is 199 Å². The van der Waals surface area contributed by atoms with E-state index in [0.29, 0.717) is 6.42 Å². The lowest BCUT2D eigenvalue weighted by Crippen LogP contribution is -2.55. The van der Waals surface area contributed by atoms with E-state index >= 15 is 0 Å². The molecule has 3 heterocycles. The number of rotatable bonds is 7. The molecule has 0 spiro atoms. The third kappa shape index (κ3) is 4.38. The number of carbonyl (C=O) groups excluding carboxylic acids is 1. The fourth-order valence-electron chi connectivity index (χ4n) is 6.21. The lowest BCUT2D eigenvalue weighted by atomic mass is 9.77. The number of thiophene rings is 1. The molecule has 3 aliphatic rings. The van der Waals surface area contributed by atoms with Gasteiger partial charge < -0.3 is 20.3 Å². The molecule has 2 aliphatic carbocycles. The second-order valence-corrected chi connectivity index (χ2v) is 10.9. The summed E-state index contributed by atoms with van der Waals surface area (Å²) in [6, 6.07) is 1.98. The van der Waals surface area contributed by atoms with Crippen LogP contribution in [0.3, 0.4) is 0 Å². The first-order valence-electron chi connectivity index (χ1n) is 12.4. The number of aliphatic hydroxyl groups is 1. The van der Waals surface area contributed by atoms with E-state index in [4.69, 9.17) is 15.2 Å². The van der Waals surface area contributed by atoms with Crippen LogP contribution in [0.5, 0.6) is 5.75 Å². The van der Waals surface area contributed by atoms with Gasteiger partial charge in [0.25, 0.3) is 0 Å². The fraction of sp³-hybridized carbons (Fsp3) is 0.680. The number of carbonyl (C=O) groups is 1. The zero-order chi connectivity index (χ0) is 23.0. The second kappa shape index (κ2) is 9.49. The number of nitrogens with two attached hydrogens (primary N) is 1. The molecule has 33 heavy (non-hydrogen) atoms. The van der Waals surface area contributed by atoms with Crippen LogP contribution >= 0.6 is 11.3 Å². The molecular weight excluding hydrogens is 438 g/mol. The molecule has 0 bridgehead atoms. The first-order chi connectivity index (χ1) is 16.0. The fourth-order valence-corrected chi connectivity index (χ4v) is 7.46. The number of aryl methyl sites for hydroxylation is 1. The zero-order valence-electron chi connectivity index (χ0n) is 19.4. The minimum absolute atomic E-state index is 0.114. The summed E-state index contributed by atoms with van der Waals surface area (Å²) in [5.41, 5.74) is 6.82. The van der Waals surface area contributed by atoms with E-state index in [1.807, 2.05) is 12.3 Å². The number of primary amides is 1. The molecule has 1 amide bonds. The van der Waals surface area contributed by atoms with Gasteiger partial charge in [0, 0.05) is 29.7 Å². The summed E-state index contributed by atoms with van der Waals surface area (Å²) in [6.45, 7) is 6.06. The summed E-state index contributed by atoms with van der Waals surface area (Å²) in [7, 11) is 0. The van der Waals surface area contributed by atoms with Crippen molar-refractivity contribution in [2.24, 2.45) is 5.73 Å². The monoisotopic (exact) mass is 473 g/mol. The van der Waals surface area contributed by atoms with Crippen molar-refractivity contribution >= 4 is 27.5 Å². The van der Waals surface area contributed by atoms with Crippen LogP contribution < -0.4 is 10.5 Å². The van der Waals surface area contributed by atoms with E-state index < -0.39 is 12.0 Å². The highest BCUT2D eigenvalue weighted by molar-refractivity contribution is 7.19. The maximum absolute atomic E-state index is 11.4. The average Bonchev–Trinajstić information content (AvgIpc) is 3.40. The molecule has 1 saturated carbocycles. The van der Waals surface area contributed by atoms with Crippen molar-refractivity contribution in [2.45, 2.75) is 82.0 Å². The molecule has 2 fully saturated rings. The Morgan fingerprint density at radius 2 is 2.12 bits per heavy atom. The number of aromatic nitrogens is 1. The van der Waals surface area contributed by atoms with Crippen LogP contribution in [-0.4, -0.2) is 64.9 Å². The molecule has 0 aromatic carbocycles. The number of pyridine rings is 1. The maximum Gasteiger partial charge on any atom is 0.246 e. The third-order valence-corrected chi connectivity index (χ3v) is 9.30. The van der Waals surface area contributed by atoms with E-state index in [1.54, 1.807) is 11.3 Å². The van der Waals surface area contributed by atoms with E-state index in [1.165, 1.54) is 16.9 Å². The van der Waals surface area contributed by atoms with Gasteiger partial charge in [-0.15, -0.1) is 11.3 Å². The van der Waals surface area contributed by atoms with Crippen LogP contribution in [0.4, 0.5) is 0 Å². The highest BCUT2D eigenvalue weighted by Gasteiger charge is 2.40. The van der Waals surface area contributed by atoms with Crippen LogP contribution in [0.2, 0.25) is 0 Å². The first-order valence-corrected chi connectivity index (χ1v) is 13.2. The summed E-state index contributed by atoms with van der Waals surface area (Å²) in [5.74, 6) is 0.362. The number of hydrogen-bond donors (Lipinski definition) is 2. The number of fused-ring (bicyclic) bond motifs is 3. The molecule has 2 aromatic rings. The van der Waals surface area contributed by atoms with Crippen molar-refractivity contribution in [3.63, 3.8) is 0 Å². The first kappa shape index (κ1) is 23.0. The SMILES string of the molecule is CC[C@]1(N2CCOCC2)CC[C@H](Oc2ccnc3sc4c(c23)[C@@H](C[C@@H](O)C(N)=O)CC4)CC1. The molecule has 180 valence electrons. The molecule has 3 N–H and O–H groups in total. The number of aliphatic hydroxyl groups excluding tert-OH is 1. The van der Waals surface area contributed by atoms with Crippen molar-refractivity contribution in [1.82, 2.24) is 9.88 Å². The molecule has 0 unspecified atom stereocenters. The Hall–Kier alpha value is -1.74. The Morgan fingerprint density at radius 3 is 2.82 bits per heavy atom. The quantitative estimate of drug-likeness (QED) is 0.640. The lowest BCUT2D eigenvalue weighted by Gasteiger charge is -2.49. The summed E-state index contributed by atoms with van der Waals surface area (Å²) in [5, 5.41) is 11.2. The molecule has 1 aliphatic heterocycles. The van der Waals surface area contributed by atoms with Crippen LogP contribution in [0, 0.1) is 0 Å². The van der Waals surface area contributed by atoms with Crippen LogP contribution in [0.15, 0.2) is 12.3 Å². The smallest absolute Gasteiger partial charge is 0.246 e. The number of hydrogen-bond acceptors (Lipinski definition) is 7. The van der Waals surface area contributed by atoms with Gasteiger partial charge in [0.05, 0.1) is 24.7 Å². The van der Waals surface area contributed by atoms with Gasteiger partial charge in [-0.1, -0.05) is 6.92 Å². The van der Waals surface area contributed by atoms with Gasteiger partial charge in [0.15, 0.2) is 0 Å². The topological polar surface area (TPSA) is 97.9 Å². The van der Waals surface area contributed by atoms with Gasteiger partial charge in [-0.3, -0.25) is 9.69 Å². The zero-order valence-corrected chi connectivity index (χ0v) is 20.2. The largest absolute Gasteiger partial charge is 0.490 e. The number of ether oxygens (including phenoxy) is 2. The van der Waals surface area contributed by atoms with Crippen LogP contribution in [-0.2, 0) is 16.0 Å². The maximum atomic E-state index is 11.4. The predicted molar refractivity (Wildman–Crippen MR) is 129 cm³/mol. The van der Waals surface area contributed by atoms with Gasteiger partial charge in [0.2, 0.25) is 5.91 Å². The van der Waals surface area contributed by atoms with Crippen LogP contribution in [0.1, 0.15) is 68.2 Å². The molecule has 1 saturated heterocycles. The number of amides is 1. The van der Waals surface area contributed by atoms with Crippen molar-refractivity contribution in [3.8, 4) is 5.75 Å². The molecule has 2 aromatic heterocycles. The minimum Gasteiger partial charge on any atom is -0.490 e. The average molecular weight is 474 g/mol. The van der Waals surface area contributed by atoms with Gasteiger partial charge in [-0.2, -0.15) is 0 Å². The predicted octanol–water partition coefficient (Wildman–Crippen LogP) is 3.36. The van der Waals surface area contributed by atoms with Crippen molar-refractivity contribution < 1.29 is 19.4 Å². The van der Waals surface area contributed by atoms with Crippen LogP contribution in [0.25, 0.3) is 10.2 Å². The summed E-state index contributed by atoms with van der Waals surface area (Å²) < 4.78 is 12.2. The van der Waals surface area contributed by atoms with Gasteiger partial charge in [0.1, 0.15) is 16.7 Å². The third-order valence-electron chi connectivity index (χ3n) is 8.13. The summed E-state index contributed by atoms with van der Waals surface area (Å²) in [6.07, 6.45) is 8.73. The summed E-state index contributed by atoms with van der Waals surface area (Å²) in [4.78, 5) is 21.0. The summed E-state index contributed by atoms with van der Waals surface area (Å²) >= 11 is 1.72. The Kier molecular flexibility index (Phi) is 6.62. The van der Waals surface area contributed by atoms with E-state index in [0.717, 1.165) is 80.8 Å². The van der Waals surface area contributed by atoms with Crippen molar-refractivity contribution in [2.75, 3.05) is 26.3 Å². The molecule has 8 heteroatoms. The Bertz CT molecular complexity index is 995. The van der Waals surface area contributed by atoms with Gasteiger partial charge >= 0.3 is 0 Å². The molecule has 0 radical (unpaired) electrons. The highest BCUT2D eigenvalue weighted by atomic mass is 32.1. The Balaban J connectivity index is 1.34. The second-order valence-electron chi connectivity index (χ2n) is 9.81. The number of morpholine rings is 1. The molecule has 5 rings (SSSR count). The van der Waals surface area contributed by atoms with Crippen molar-refractivity contribution in [1.29, 1.82) is 0 Å². The van der Waals surface area contributed by atoms with E-state index in [9.17, 15) is 9.90 Å². The number of nitrogens with zero attached hydrogens (tertiary/aromatic N) is 2. The van der Waals surface area contributed by atoms with Crippen molar-refractivity contribution in [3.05, 3.63) is 22.7 Å². The molecule has 7 nitrogen and oxygen atoms in total.